The number of nitrogens with one attached hydrogen (secondary N) is 2. The lowest BCUT2D eigenvalue weighted by Gasteiger charge is -1.96. The number of anilines is 2. The number of nitrogens with zero attached hydrogens (tertiary/aromatic N) is 2. The van der Waals surface area contributed by atoms with Crippen molar-refractivity contribution in [2.45, 2.75) is 0 Å². The second-order valence-electron chi connectivity index (χ2n) is 3.86. The molecule has 0 aliphatic rings. The van der Waals surface area contributed by atoms with Gasteiger partial charge in [0.2, 0.25) is 0 Å². The van der Waals surface area contributed by atoms with Crippen molar-refractivity contribution in [1.82, 2.24) is 0 Å². The van der Waals surface area contributed by atoms with E-state index < -0.39 is 7.80 Å². The van der Waals surface area contributed by atoms with Crippen molar-refractivity contribution in [1.29, 1.82) is 10.5 Å². The predicted octanol–water partition coefficient (Wildman–Crippen LogP) is 2.25. The van der Waals surface area contributed by atoms with E-state index in [2.05, 4.69) is 10.6 Å². The molecule has 2 aromatic rings. The molecule has 0 bridgehead atoms. The second kappa shape index (κ2) is 6.33. The van der Waals surface area contributed by atoms with Gasteiger partial charge in [0.15, 0.2) is 23.0 Å². The Kier molecular flexibility index (Phi) is 4.29. The van der Waals surface area contributed by atoms with Crippen LogP contribution in [-0.2, 0) is 4.57 Å². The molecule has 0 aliphatic heterocycles. The van der Waals surface area contributed by atoms with Gasteiger partial charge in [0.05, 0.1) is 0 Å². The zero-order valence-electron chi connectivity index (χ0n) is 10.4. The Morgan fingerprint density at radius 1 is 0.750 bits per heavy atom. The average Bonchev–Trinajstić information content (AvgIpc) is 2.49. The van der Waals surface area contributed by atoms with Crippen molar-refractivity contribution in [2.75, 3.05) is 10.6 Å². The van der Waals surface area contributed by atoms with Gasteiger partial charge in [-0.3, -0.25) is 10.6 Å². The molecule has 0 fully saturated rings. The van der Waals surface area contributed by atoms with Gasteiger partial charge < -0.3 is 0 Å². The number of hydrogen-bond donors (Lipinski definition) is 2. The highest BCUT2D eigenvalue weighted by Crippen LogP contribution is 2.21. The van der Waals surface area contributed by atoms with Crippen LogP contribution in [0.3, 0.4) is 0 Å². The van der Waals surface area contributed by atoms with Crippen molar-refractivity contribution < 1.29 is 4.57 Å². The van der Waals surface area contributed by atoms with Gasteiger partial charge in [-0.15, -0.1) is 0 Å². The minimum Gasteiger partial charge on any atom is -0.293 e. The summed E-state index contributed by atoms with van der Waals surface area (Å²) in [6.07, 6.45) is 3.65. The minimum absolute atomic E-state index is 0.660. The number of hydrogen-bond acceptors (Lipinski definition) is 5. The highest BCUT2D eigenvalue weighted by Gasteiger charge is 2.22. The summed E-state index contributed by atoms with van der Waals surface area (Å²) in [6.45, 7) is 0. The Balaban J connectivity index is 2.18. The lowest BCUT2D eigenvalue weighted by atomic mass is 10.3. The van der Waals surface area contributed by atoms with Crippen molar-refractivity contribution in [3.8, 4) is 12.4 Å². The van der Waals surface area contributed by atoms with Crippen LogP contribution in [0.4, 0.5) is 11.4 Å². The van der Waals surface area contributed by atoms with Crippen LogP contribution in [0, 0.1) is 22.9 Å². The molecule has 0 aliphatic carbocycles. The summed E-state index contributed by atoms with van der Waals surface area (Å²) in [4.78, 5) is 0. The molecule has 20 heavy (non-hydrogen) atoms. The molecule has 0 atom stereocenters. The fourth-order valence-corrected chi connectivity index (χ4v) is 2.78. The fourth-order valence-electron chi connectivity index (χ4n) is 1.64. The highest BCUT2D eigenvalue weighted by atomic mass is 31.1. The van der Waals surface area contributed by atoms with E-state index >= 15 is 0 Å². The third-order valence-corrected chi connectivity index (χ3v) is 4.14. The van der Waals surface area contributed by atoms with Crippen molar-refractivity contribution in [3.05, 3.63) is 48.5 Å². The van der Waals surface area contributed by atoms with Crippen LogP contribution in [-0.4, -0.2) is 0 Å². The summed E-state index contributed by atoms with van der Waals surface area (Å²) in [5.74, 6) is 0. The quantitative estimate of drug-likeness (QED) is 0.509. The maximum Gasteiger partial charge on any atom is 0.415 e. The van der Waals surface area contributed by atoms with Crippen molar-refractivity contribution in [2.24, 2.45) is 0 Å². The summed E-state index contributed by atoms with van der Waals surface area (Å²) >= 11 is 0. The monoisotopic (exact) mass is 281 g/mol. The molecule has 6 heteroatoms. The van der Waals surface area contributed by atoms with Gasteiger partial charge >= 0.3 is 7.80 Å². The molecule has 0 heterocycles. The van der Waals surface area contributed by atoms with Gasteiger partial charge in [-0.05, 0) is 48.5 Å². The molecule has 96 valence electrons. The van der Waals surface area contributed by atoms with Gasteiger partial charge in [0, 0.05) is 11.4 Å². The minimum atomic E-state index is -1.69. The standard InChI is InChI=1S/C14H10N4OP/c15-9-17-11-1-5-13(6-2-11)20(19)14-7-3-12(4-8-14)18-10-16/h1-8,17-18H/q+1. The predicted molar refractivity (Wildman–Crippen MR) is 78.2 cm³/mol. The first-order valence-electron chi connectivity index (χ1n) is 5.72. The summed E-state index contributed by atoms with van der Waals surface area (Å²) in [5.41, 5.74) is 1.32. The zero-order valence-corrected chi connectivity index (χ0v) is 11.3. The van der Waals surface area contributed by atoms with Crippen molar-refractivity contribution >= 4 is 29.8 Å². The third kappa shape index (κ3) is 3.11. The molecular formula is C14H10N4OP+. The van der Waals surface area contributed by atoms with Gasteiger partial charge in [0.1, 0.15) is 0 Å². The molecule has 0 saturated heterocycles. The average molecular weight is 281 g/mol. The largest absolute Gasteiger partial charge is 0.415 e. The first-order chi connectivity index (χ1) is 9.74. The molecular weight excluding hydrogens is 271 g/mol. The van der Waals surface area contributed by atoms with E-state index in [0.29, 0.717) is 22.0 Å². The molecule has 0 spiro atoms. The smallest absolute Gasteiger partial charge is 0.293 e. The molecule has 2 aromatic carbocycles. The number of nitriles is 2. The maximum absolute atomic E-state index is 12.4. The molecule has 0 amide bonds. The van der Waals surface area contributed by atoms with Crippen LogP contribution >= 0.6 is 7.80 Å². The lowest BCUT2D eigenvalue weighted by molar-refractivity contribution is 0.598. The SMILES string of the molecule is N#CNc1ccc([P+](=O)c2ccc(NC#N)cc2)cc1. The van der Waals surface area contributed by atoms with Gasteiger partial charge in [-0.25, -0.2) is 0 Å². The van der Waals surface area contributed by atoms with Crippen LogP contribution in [0.5, 0.6) is 0 Å². The first kappa shape index (κ1) is 13.5. The Morgan fingerprint density at radius 2 is 1.10 bits per heavy atom. The second-order valence-corrected chi connectivity index (χ2v) is 5.48. The topological polar surface area (TPSA) is 88.7 Å². The Labute approximate surface area is 117 Å². The van der Waals surface area contributed by atoms with Crippen LogP contribution in [0.25, 0.3) is 0 Å². The number of benzene rings is 2. The number of rotatable bonds is 4. The van der Waals surface area contributed by atoms with E-state index in [1.807, 2.05) is 12.4 Å². The fraction of sp³-hybridized carbons (Fsp3) is 0. The normalized spacial score (nSPS) is 9.10. The molecule has 2 rings (SSSR count). The molecule has 2 N–H and O–H groups in total. The van der Waals surface area contributed by atoms with E-state index in [1.54, 1.807) is 48.5 Å². The lowest BCUT2D eigenvalue weighted by Crippen LogP contribution is -2.06. The van der Waals surface area contributed by atoms with Crippen LogP contribution in [0.1, 0.15) is 0 Å². The van der Waals surface area contributed by atoms with Crippen LogP contribution < -0.4 is 21.2 Å². The molecule has 0 radical (unpaired) electrons. The molecule has 0 unspecified atom stereocenters. The highest BCUT2D eigenvalue weighted by molar-refractivity contribution is 7.61. The van der Waals surface area contributed by atoms with E-state index in [0.717, 1.165) is 0 Å². The zero-order chi connectivity index (χ0) is 14.4. The van der Waals surface area contributed by atoms with E-state index in [4.69, 9.17) is 10.5 Å². The Morgan fingerprint density at radius 3 is 1.40 bits per heavy atom. The van der Waals surface area contributed by atoms with Crippen LogP contribution in [0.15, 0.2) is 48.5 Å². The summed E-state index contributed by atoms with van der Waals surface area (Å²) < 4.78 is 12.4. The van der Waals surface area contributed by atoms with Gasteiger partial charge in [0.25, 0.3) is 0 Å². The first-order valence-corrected chi connectivity index (χ1v) is 6.98. The summed E-state index contributed by atoms with van der Waals surface area (Å²) in [7, 11) is -1.69. The molecule has 0 saturated carbocycles. The Bertz CT molecular complexity index is 634. The molecule has 0 aromatic heterocycles. The molecule has 5 nitrogen and oxygen atoms in total. The summed E-state index contributed by atoms with van der Waals surface area (Å²) in [6, 6.07) is 13.7. The third-order valence-electron chi connectivity index (χ3n) is 2.60. The van der Waals surface area contributed by atoms with Crippen molar-refractivity contribution in [3.63, 3.8) is 0 Å². The van der Waals surface area contributed by atoms with E-state index in [-0.39, 0.29) is 0 Å². The van der Waals surface area contributed by atoms with E-state index in [9.17, 15) is 4.57 Å². The van der Waals surface area contributed by atoms with Gasteiger partial charge in [-0.1, -0.05) is 4.57 Å². The maximum atomic E-state index is 12.4. The van der Waals surface area contributed by atoms with E-state index in [1.165, 1.54) is 0 Å². The summed E-state index contributed by atoms with van der Waals surface area (Å²) in [5, 5.41) is 23.4. The Hall–Kier alpha value is -2.88. The van der Waals surface area contributed by atoms with Gasteiger partial charge in [-0.2, -0.15) is 10.5 Å². The van der Waals surface area contributed by atoms with Crippen LogP contribution in [0.2, 0.25) is 0 Å².